The van der Waals surface area contributed by atoms with Crippen LogP contribution in [0.15, 0.2) is 63.3 Å². The molecule has 0 unspecified atom stereocenters. The number of rotatable bonds is 2. The normalized spacial score (nSPS) is 14.1. The van der Waals surface area contributed by atoms with Crippen molar-refractivity contribution in [3.8, 4) is 11.4 Å². The van der Waals surface area contributed by atoms with Gasteiger partial charge in [0.25, 0.3) is 0 Å². The third-order valence-corrected chi connectivity index (χ3v) is 5.76. The first-order valence-corrected chi connectivity index (χ1v) is 10.2. The van der Waals surface area contributed by atoms with Crippen molar-refractivity contribution in [2.45, 2.75) is 31.3 Å². The van der Waals surface area contributed by atoms with Crippen molar-refractivity contribution in [2.24, 2.45) is 5.10 Å². The molecule has 26 heavy (non-hydrogen) atoms. The highest BCUT2D eigenvalue weighted by atomic mass is 79.9. The maximum absolute atomic E-state index is 4.85. The van der Waals surface area contributed by atoms with E-state index in [0.29, 0.717) is 0 Å². The van der Waals surface area contributed by atoms with Gasteiger partial charge in [0.05, 0.1) is 5.71 Å². The molecule has 0 fully saturated rings. The van der Waals surface area contributed by atoms with Crippen LogP contribution >= 0.6 is 27.7 Å². The van der Waals surface area contributed by atoms with Crippen molar-refractivity contribution < 1.29 is 0 Å². The van der Waals surface area contributed by atoms with Crippen LogP contribution in [-0.2, 0) is 5.41 Å². The summed E-state index contributed by atoms with van der Waals surface area (Å²) in [6.45, 7) is 6.68. The Morgan fingerprint density at radius 1 is 1.00 bits per heavy atom. The Balaban J connectivity index is 1.72. The lowest BCUT2D eigenvalue weighted by Gasteiger charge is -2.20. The number of hydrogen-bond donors (Lipinski definition) is 0. The van der Waals surface area contributed by atoms with Gasteiger partial charge < -0.3 is 0 Å². The molecule has 132 valence electrons. The van der Waals surface area contributed by atoms with Gasteiger partial charge in [0.1, 0.15) is 0 Å². The van der Waals surface area contributed by atoms with Crippen LogP contribution in [-0.4, -0.2) is 26.3 Å². The van der Waals surface area contributed by atoms with Crippen LogP contribution in [0.1, 0.15) is 31.9 Å². The average molecular weight is 427 g/mol. The van der Waals surface area contributed by atoms with Gasteiger partial charge >= 0.3 is 0 Å². The van der Waals surface area contributed by atoms with Crippen LogP contribution in [0, 0.1) is 0 Å². The topological polar surface area (TPSA) is 43.1 Å². The van der Waals surface area contributed by atoms with Crippen LogP contribution in [0.5, 0.6) is 0 Å². The predicted octanol–water partition coefficient (Wildman–Crippen LogP) is 5.36. The molecule has 0 amide bonds. The van der Waals surface area contributed by atoms with Crippen LogP contribution < -0.4 is 0 Å². The zero-order chi connectivity index (χ0) is 18.3. The smallest absolute Gasteiger partial charge is 0.187 e. The minimum Gasteiger partial charge on any atom is -0.187 e. The molecule has 0 radical (unpaired) electrons. The van der Waals surface area contributed by atoms with E-state index >= 15 is 0 Å². The van der Waals surface area contributed by atoms with Gasteiger partial charge in [0, 0.05) is 15.8 Å². The first-order valence-electron chi connectivity index (χ1n) is 8.45. The number of thioether (sulfide) groups is 1. The quantitative estimate of drug-likeness (QED) is 0.553. The lowest BCUT2D eigenvalue weighted by atomic mass is 9.86. The van der Waals surface area contributed by atoms with Crippen molar-refractivity contribution in [3.05, 3.63) is 64.1 Å². The first kappa shape index (κ1) is 17.5. The Labute approximate surface area is 165 Å². The van der Waals surface area contributed by atoms with Gasteiger partial charge in [-0.25, -0.2) is 0 Å². The summed E-state index contributed by atoms with van der Waals surface area (Å²) in [5.74, 6) is 1.56. The van der Waals surface area contributed by atoms with E-state index in [1.807, 2.05) is 28.9 Å². The molecule has 1 aliphatic heterocycles. The molecule has 0 spiro atoms. The highest BCUT2D eigenvalue weighted by molar-refractivity contribution is 9.10. The summed E-state index contributed by atoms with van der Waals surface area (Å²) < 4.78 is 2.86. The number of benzene rings is 2. The summed E-state index contributed by atoms with van der Waals surface area (Å²) in [5.41, 5.74) is 4.65. The fourth-order valence-electron chi connectivity index (χ4n) is 2.84. The Bertz CT molecular complexity index is 984. The monoisotopic (exact) mass is 426 g/mol. The van der Waals surface area contributed by atoms with E-state index in [2.05, 4.69) is 71.2 Å². The van der Waals surface area contributed by atoms with E-state index in [1.54, 1.807) is 11.8 Å². The van der Waals surface area contributed by atoms with E-state index in [4.69, 9.17) is 5.10 Å². The van der Waals surface area contributed by atoms with Crippen molar-refractivity contribution in [1.29, 1.82) is 0 Å². The van der Waals surface area contributed by atoms with Crippen molar-refractivity contribution >= 4 is 33.4 Å². The summed E-state index contributed by atoms with van der Waals surface area (Å²) in [4.78, 5) is 0. The van der Waals surface area contributed by atoms with Gasteiger partial charge in [0.2, 0.25) is 5.16 Å². The van der Waals surface area contributed by atoms with E-state index in [9.17, 15) is 0 Å². The third-order valence-electron chi connectivity index (χ3n) is 4.34. The van der Waals surface area contributed by atoms with Gasteiger partial charge in [-0.1, -0.05) is 84.9 Å². The van der Waals surface area contributed by atoms with E-state index in [1.165, 1.54) is 5.56 Å². The fraction of sp³-hybridized carbons (Fsp3) is 0.250. The van der Waals surface area contributed by atoms with Crippen LogP contribution in [0.4, 0.5) is 0 Å². The second kappa shape index (κ2) is 6.67. The molecule has 4 rings (SSSR count). The molecule has 1 aliphatic rings. The fourth-order valence-corrected chi connectivity index (χ4v) is 4.08. The standard InChI is InChI=1S/C20H19BrN4S/c1-20(2,3)15-9-7-13(8-10-15)17-12-26-19-23-22-18(25(19)24-17)14-5-4-6-16(21)11-14/h4-11H,12H2,1-3H3. The van der Waals surface area contributed by atoms with E-state index in [0.717, 1.165) is 38.0 Å². The molecule has 3 aromatic rings. The van der Waals surface area contributed by atoms with Gasteiger partial charge in [-0.15, -0.1) is 10.2 Å². The van der Waals surface area contributed by atoms with E-state index < -0.39 is 0 Å². The summed E-state index contributed by atoms with van der Waals surface area (Å²) >= 11 is 5.18. The predicted molar refractivity (Wildman–Crippen MR) is 111 cm³/mol. The maximum atomic E-state index is 4.85. The molecular formula is C20H19BrN4S. The van der Waals surface area contributed by atoms with Crippen molar-refractivity contribution in [3.63, 3.8) is 0 Å². The molecule has 0 saturated carbocycles. The molecule has 0 aliphatic carbocycles. The molecule has 6 heteroatoms. The zero-order valence-electron chi connectivity index (χ0n) is 14.9. The van der Waals surface area contributed by atoms with Gasteiger partial charge in [-0.3, -0.25) is 0 Å². The SMILES string of the molecule is CC(C)(C)c1ccc(C2=Nn3c(nnc3-c3cccc(Br)c3)SC2)cc1. The summed E-state index contributed by atoms with van der Waals surface area (Å²) in [6.07, 6.45) is 0. The molecule has 0 bridgehead atoms. The highest BCUT2D eigenvalue weighted by Gasteiger charge is 2.21. The number of hydrogen-bond acceptors (Lipinski definition) is 4. The van der Waals surface area contributed by atoms with Crippen LogP contribution in [0.3, 0.4) is 0 Å². The molecular weight excluding hydrogens is 408 g/mol. The first-order chi connectivity index (χ1) is 12.4. The second-order valence-electron chi connectivity index (χ2n) is 7.29. The Morgan fingerprint density at radius 2 is 1.77 bits per heavy atom. The molecule has 0 atom stereocenters. The average Bonchev–Trinajstić information content (AvgIpc) is 3.04. The summed E-state index contributed by atoms with van der Waals surface area (Å²) in [7, 11) is 0. The number of fused-ring (bicyclic) bond motifs is 1. The molecule has 0 saturated heterocycles. The van der Waals surface area contributed by atoms with Crippen molar-refractivity contribution in [1.82, 2.24) is 14.9 Å². The molecule has 2 heterocycles. The van der Waals surface area contributed by atoms with Crippen LogP contribution in [0.2, 0.25) is 0 Å². The van der Waals surface area contributed by atoms with Gasteiger partial charge in [-0.05, 0) is 28.7 Å². The number of nitrogens with zero attached hydrogens (tertiary/aromatic N) is 4. The Morgan fingerprint density at radius 3 is 2.46 bits per heavy atom. The minimum atomic E-state index is 0.150. The summed E-state index contributed by atoms with van der Waals surface area (Å²) in [5, 5.41) is 14.3. The largest absolute Gasteiger partial charge is 0.212 e. The van der Waals surface area contributed by atoms with E-state index in [-0.39, 0.29) is 5.41 Å². The van der Waals surface area contributed by atoms with Gasteiger partial charge in [0.15, 0.2) is 5.82 Å². The number of aromatic nitrogens is 3. The van der Waals surface area contributed by atoms with Gasteiger partial charge in [-0.2, -0.15) is 9.78 Å². The summed E-state index contributed by atoms with van der Waals surface area (Å²) in [6, 6.07) is 16.8. The molecule has 4 nitrogen and oxygen atoms in total. The minimum absolute atomic E-state index is 0.150. The second-order valence-corrected chi connectivity index (χ2v) is 9.15. The maximum Gasteiger partial charge on any atom is 0.212 e. The third kappa shape index (κ3) is 3.35. The lowest BCUT2D eigenvalue weighted by molar-refractivity contribution is 0.590. The molecule has 2 aromatic carbocycles. The van der Waals surface area contributed by atoms with Crippen molar-refractivity contribution in [2.75, 3.05) is 5.75 Å². The Hall–Kier alpha value is -1.92. The van der Waals surface area contributed by atoms with Crippen LogP contribution in [0.25, 0.3) is 11.4 Å². The highest BCUT2D eigenvalue weighted by Crippen LogP contribution is 2.30. The Kier molecular flexibility index (Phi) is 4.49. The number of halogens is 1. The lowest BCUT2D eigenvalue weighted by Crippen LogP contribution is -2.15. The molecule has 1 aromatic heterocycles. The zero-order valence-corrected chi connectivity index (χ0v) is 17.3. The molecule has 0 N–H and O–H groups in total.